The van der Waals surface area contributed by atoms with Crippen LogP contribution in [0.3, 0.4) is 0 Å². The van der Waals surface area contributed by atoms with Crippen LogP contribution in [0.5, 0.6) is 0 Å². The molecule has 2 N–H and O–H groups in total. The van der Waals surface area contributed by atoms with Gasteiger partial charge in [-0.15, -0.1) is 0 Å². The molecule has 3 heteroatoms. The fourth-order valence-electron chi connectivity index (χ4n) is 2.18. The van der Waals surface area contributed by atoms with Gasteiger partial charge in [0.15, 0.2) is 0 Å². The minimum atomic E-state index is 0.326. The Hall–Kier alpha value is -1.37. The van der Waals surface area contributed by atoms with E-state index in [2.05, 4.69) is 11.0 Å². The molecule has 0 unspecified atom stereocenters. The molecule has 1 heterocycles. The van der Waals surface area contributed by atoms with Gasteiger partial charge in [0.2, 0.25) is 0 Å². The van der Waals surface area contributed by atoms with Crippen LogP contribution in [0.15, 0.2) is 24.3 Å². The fraction of sp³-hybridized carbons (Fsp3) is 0.462. The summed E-state index contributed by atoms with van der Waals surface area (Å²) in [5.41, 5.74) is 7.92. The number of benzene rings is 1. The standard InChI is InChI=1S/C13H17N3/c14-8-11-3-5-12(6-4-11)9-16-7-1-2-13(15)10-16/h3-6,13H,1-2,7,9-10,15H2/t13-/m0/s1. The van der Waals surface area contributed by atoms with E-state index in [0.29, 0.717) is 6.04 Å². The van der Waals surface area contributed by atoms with Gasteiger partial charge in [0.25, 0.3) is 0 Å². The van der Waals surface area contributed by atoms with Gasteiger partial charge in [0.1, 0.15) is 0 Å². The number of piperidine rings is 1. The van der Waals surface area contributed by atoms with E-state index in [1.165, 1.54) is 12.0 Å². The molecular weight excluding hydrogens is 198 g/mol. The summed E-state index contributed by atoms with van der Waals surface area (Å²) in [5.74, 6) is 0. The van der Waals surface area contributed by atoms with Crippen LogP contribution in [0.1, 0.15) is 24.0 Å². The molecular formula is C13H17N3. The van der Waals surface area contributed by atoms with E-state index < -0.39 is 0 Å². The van der Waals surface area contributed by atoms with Crippen LogP contribution in [0, 0.1) is 11.3 Å². The molecule has 0 bridgehead atoms. The number of hydrogen-bond acceptors (Lipinski definition) is 3. The largest absolute Gasteiger partial charge is 0.327 e. The first-order chi connectivity index (χ1) is 7.78. The zero-order valence-electron chi connectivity index (χ0n) is 9.39. The van der Waals surface area contributed by atoms with Gasteiger partial charge in [-0.1, -0.05) is 12.1 Å². The lowest BCUT2D eigenvalue weighted by Gasteiger charge is -2.30. The molecule has 0 aliphatic carbocycles. The van der Waals surface area contributed by atoms with Crippen LogP contribution in [0.4, 0.5) is 0 Å². The van der Waals surface area contributed by atoms with Crippen LogP contribution < -0.4 is 5.73 Å². The Kier molecular flexibility index (Phi) is 3.55. The second kappa shape index (κ2) is 5.11. The fourth-order valence-corrected chi connectivity index (χ4v) is 2.18. The van der Waals surface area contributed by atoms with Crippen molar-refractivity contribution in [3.63, 3.8) is 0 Å². The highest BCUT2D eigenvalue weighted by Crippen LogP contribution is 2.13. The molecule has 1 aliphatic heterocycles. The monoisotopic (exact) mass is 215 g/mol. The third-order valence-electron chi connectivity index (χ3n) is 3.03. The van der Waals surface area contributed by atoms with Crippen molar-refractivity contribution < 1.29 is 0 Å². The molecule has 1 atom stereocenters. The van der Waals surface area contributed by atoms with Crippen molar-refractivity contribution in [2.24, 2.45) is 5.73 Å². The molecule has 0 aromatic heterocycles. The molecule has 1 aromatic carbocycles. The molecule has 1 aliphatic rings. The highest BCUT2D eigenvalue weighted by atomic mass is 15.1. The molecule has 1 saturated heterocycles. The smallest absolute Gasteiger partial charge is 0.0991 e. The first-order valence-corrected chi connectivity index (χ1v) is 5.75. The Morgan fingerprint density at radius 2 is 2.12 bits per heavy atom. The van der Waals surface area contributed by atoms with Crippen LogP contribution in [0.2, 0.25) is 0 Å². The first-order valence-electron chi connectivity index (χ1n) is 5.75. The van der Waals surface area contributed by atoms with Crippen molar-refractivity contribution in [1.82, 2.24) is 4.90 Å². The van der Waals surface area contributed by atoms with Crippen molar-refractivity contribution in [3.8, 4) is 6.07 Å². The van der Waals surface area contributed by atoms with E-state index >= 15 is 0 Å². The van der Waals surface area contributed by atoms with Gasteiger partial charge in [0.05, 0.1) is 11.6 Å². The van der Waals surface area contributed by atoms with Crippen LogP contribution in [-0.2, 0) is 6.54 Å². The normalized spacial score (nSPS) is 21.6. The zero-order valence-corrected chi connectivity index (χ0v) is 9.39. The second-order valence-electron chi connectivity index (χ2n) is 4.45. The molecule has 0 spiro atoms. The van der Waals surface area contributed by atoms with E-state index in [9.17, 15) is 0 Å². The Morgan fingerprint density at radius 3 is 2.75 bits per heavy atom. The average molecular weight is 215 g/mol. The van der Waals surface area contributed by atoms with E-state index in [0.717, 1.165) is 31.6 Å². The highest BCUT2D eigenvalue weighted by Gasteiger charge is 2.16. The first kappa shape index (κ1) is 11.1. The Balaban J connectivity index is 1.95. The summed E-state index contributed by atoms with van der Waals surface area (Å²) in [6, 6.07) is 10.3. The highest BCUT2D eigenvalue weighted by molar-refractivity contribution is 5.31. The summed E-state index contributed by atoms with van der Waals surface area (Å²) in [6.45, 7) is 3.06. The number of rotatable bonds is 2. The summed E-state index contributed by atoms with van der Waals surface area (Å²) >= 11 is 0. The summed E-state index contributed by atoms with van der Waals surface area (Å²) in [5, 5.41) is 8.71. The van der Waals surface area contributed by atoms with Crippen molar-refractivity contribution >= 4 is 0 Å². The average Bonchev–Trinajstić information content (AvgIpc) is 2.30. The van der Waals surface area contributed by atoms with E-state index in [4.69, 9.17) is 11.0 Å². The minimum absolute atomic E-state index is 0.326. The van der Waals surface area contributed by atoms with E-state index in [-0.39, 0.29) is 0 Å². The third-order valence-corrected chi connectivity index (χ3v) is 3.03. The molecule has 1 aromatic rings. The molecule has 16 heavy (non-hydrogen) atoms. The topological polar surface area (TPSA) is 53.0 Å². The number of nitriles is 1. The van der Waals surface area contributed by atoms with Gasteiger partial charge in [0, 0.05) is 19.1 Å². The summed E-state index contributed by atoms with van der Waals surface area (Å²) in [6.07, 6.45) is 2.33. The number of likely N-dealkylation sites (tertiary alicyclic amines) is 1. The van der Waals surface area contributed by atoms with Gasteiger partial charge < -0.3 is 5.73 Å². The lowest BCUT2D eigenvalue weighted by Crippen LogP contribution is -2.42. The SMILES string of the molecule is N#Cc1ccc(CN2CCC[C@H](N)C2)cc1. The Bertz CT molecular complexity index is 377. The van der Waals surface area contributed by atoms with Crippen LogP contribution in [-0.4, -0.2) is 24.0 Å². The molecule has 0 radical (unpaired) electrons. The number of hydrogen-bond donors (Lipinski definition) is 1. The second-order valence-corrected chi connectivity index (χ2v) is 4.45. The van der Waals surface area contributed by atoms with Crippen LogP contribution in [0.25, 0.3) is 0 Å². The van der Waals surface area contributed by atoms with Gasteiger partial charge in [-0.05, 0) is 37.1 Å². The van der Waals surface area contributed by atoms with Gasteiger partial charge in [-0.3, -0.25) is 4.90 Å². The quantitative estimate of drug-likeness (QED) is 0.813. The van der Waals surface area contributed by atoms with Gasteiger partial charge in [-0.25, -0.2) is 0 Å². The lowest BCUT2D eigenvalue weighted by atomic mass is 10.1. The predicted octanol–water partition coefficient (Wildman–Crippen LogP) is 1.48. The maximum atomic E-state index is 8.71. The summed E-state index contributed by atoms with van der Waals surface area (Å²) in [4.78, 5) is 2.38. The molecule has 0 saturated carbocycles. The van der Waals surface area contributed by atoms with E-state index in [1.54, 1.807) is 0 Å². The maximum Gasteiger partial charge on any atom is 0.0991 e. The minimum Gasteiger partial charge on any atom is -0.327 e. The van der Waals surface area contributed by atoms with Crippen molar-refractivity contribution in [2.45, 2.75) is 25.4 Å². The Labute approximate surface area is 96.5 Å². The summed E-state index contributed by atoms with van der Waals surface area (Å²) < 4.78 is 0. The number of nitrogens with two attached hydrogens (primary N) is 1. The van der Waals surface area contributed by atoms with Crippen LogP contribution >= 0.6 is 0 Å². The Morgan fingerprint density at radius 1 is 1.38 bits per heavy atom. The molecule has 84 valence electrons. The third kappa shape index (κ3) is 2.82. The predicted molar refractivity (Wildman–Crippen MR) is 63.6 cm³/mol. The van der Waals surface area contributed by atoms with Crippen molar-refractivity contribution in [3.05, 3.63) is 35.4 Å². The summed E-state index contributed by atoms with van der Waals surface area (Å²) in [7, 11) is 0. The van der Waals surface area contributed by atoms with Gasteiger partial charge >= 0.3 is 0 Å². The van der Waals surface area contributed by atoms with Crippen molar-refractivity contribution in [1.29, 1.82) is 5.26 Å². The van der Waals surface area contributed by atoms with Gasteiger partial charge in [-0.2, -0.15) is 5.26 Å². The molecule has 2 rings (SSSR count). The molecule has 1 fully saturated rings. The molecule has 3 nitrogen and oxygen atoms in total. The maximum absolute atomic E-state index is 8.71. The number of nitrogens with zero attached hydrogens (tertiary/aromatic N) is 2. The molecule has 0 amide bonds. The van der Waals surface area contributed by atoms with E-state index in [1.807, 2.05) is 24.3 Å². The zero-order chi connectivity index (χ0) is 11.4. The van der Waals surface area contributed by atoms with Crippen molar-refractivity contribution in [2.75, 3.05) is 13.1 Å². The lowest BCUT2D eigenvalue weighted by molar-refractivity contribution is 0.201.